The Morgan fingerprint density at radius 2 is 2.07 bits per heavy atom. The van der Waals surface area contributed by atoms with Gasteiger partial charge in [-0.2, -0.15) is 5.26 Å². The number of hydrogen-bond acceptors (Lipinski definition) is 5. The van der Waals surface area contributed by atoms with Crippen LogP contribution in [-0.2, 0) is 6.54 Å². The number of nitrogens with one attached hydrogen (secondary N) is 1. The molecule has 27 heavy (non-hydrogen) atoms. The van der Waals surface area contributed by atoms with Crippen molar-refractivity contribution in [1.29, 1.82) is 5.26 Å². The number of amides is 1. The van der Waals surface area contributed by atoms with Crippen molar-refractivity contribution in [3.8, 4) is 6.07 Å². The number of hydrogen-bond donors (Lipinski definition) is 1. The number of pyridine rings is 1. The first kappa shape index (κ1) is 19.0. The molecule has 3 rings (SSSR count). The van der Waals surface area contributed by atoms with Gasteiger partial charge in [-0.05, 0) is 50.0 Å². The highest BCUT2D eigenvalue weighted by atomic mass is 16.1. The lowest BCUT2D eigenvalue weighted by atomic mass is 10.0. The molecule has 0 saturated carbocycles. The predicted octanol–water partition coefficient (Wildman–Crippen LogP) is 1.75. The topological polar surface area (TPSA) is 72.3 Å². The molecule has 2 heterocycles. The first-order valence-corrected chi connectivity index (χ1v) is 9.12. The Morgan fingerprint density at radius 3 is 2.78 bits per heavy atom. The monoisotopic (exact) mass is 363 g/mol. The summed E-state index contributed by atoms with van der Waals surface area (Å²) in [6.45, 7) is 3.51. The first-order valence-electron chi connectivity index (χ1n) is 9.12. The molecule has 1 aromatic heterocycles. The Balaban J connectivity index is 1.69. The van der Waals surface area contributed by atoms with Gasteiger partial charge in [0.2, 0.25) is 0 Å². The van der Waals surface area contributed by atoms with Crippen LogP contribution in [0.4, 0.5) is 0 Å². The van der Waals surface area contributed by atoms with Crippen molar-refractivity contribution in [2.24, 2.45) is 5.92 Å². The van der Waals surface area contributed by atoms with Gasteiger partial charge in [0.15, 0.2) is 0 Å². The van der Waals surface area contributed by atoms with Crippen LogP contribution in [-0.4, -0.2) is 60.5 Å². The molecule has 140 valence electrons. The highest BCUT2D eigenvalue weighted by Gasteiger charge is 2.34. The van der Waals surface area contributed by atoms with Gasteiger partial charge in [0.05, 0.1) is 11.6 Å². The molecule has 1 amide bonds. The molecule has 1 fully saturated rings. The minimum atomic E-state index is -0.119. The summed E-state index contributed by atoms with van der Waals surface area (Å²) in [5.74, 6) is 0.233. The van der Waals surface area contributed by atoms with Gasteiger partial charge in [0, 0.05) is 56.1 Å². The van der Waals surface area contributed by atoms with Gasteiger partial charge < -0.3 is 10.2 Å². The summed E-state index contributed by atoms with van der Waals surface area (Å²) in [4.78, 5) is 21.3. The van der Waals surface area contributed by atoms with E-state index in [2.05, 4.69) is 40.3 Å². The summed E-state index contributed by atoms with van der Waals surface area (Å²) >= 11 is 0. The van der Waals surface area contributed by atoms with Crippen LogP contribution in [0.5, 0.6) is 0 Å². The molecule has 0 aliphatic carbocycles. The quantitative estimate of drug-likeness (QED) is 0.846. The van der Waals surface area contributed by atoms with Crippen LogP contribution in [0.3, 0.4) is 0 Å². The van der Waals surface area contributed by atoms with Crippen molar-refractivity contribution in [2.75, 3.05) is 33.7 Å². The molecule has 0 bridgehead atoms. The number of nitrogens with zero attached hydrogens (tertiary/aromatic N) is 4. The molecule has 1 N–H and O–H groups in total. The second kappa shape index (κ2) is 8.76. The third-order valence-corrected chi connectivity index (χ3v) is 4.84. The van der Waals surface area contributed by atoms with Gasteiger partial charge in [-0.1, -0.05) is 6.07 Å². The summed E-state index contributed by atoms with van der Waals surface area (Å²) in [6, 6.07) is 13.1. The Kier molecular flexibility index (Phi) is 6.17. The van der Waals surface area contributed by atoms with E-state index in [-0.39, 0.29) is 11.9 Å². The van der Waals surface area contributed by atoms with E-state index >= 15 is 0 Å². The molecule has 2 aromatic rings. The van der Waals surface area contributed by atoms with Gasteiger partial charge in [-0.25, -0.2) is 0 Å². The number of likely N-dealkylation sites (tertiary alicyclic amines) is 1. The van der Waals surface area contributed by atoms with Gasteiger partial charge in [0.25, 0.3) is 5.91 Å². The first-order chi connectivity index (χ1) is 13.0. The van der Waals surface area contributed by atoms with Gasteiger partial charge in [-0.15, -0.1) is 0 Å². The molecular weight excluding hydrogens is 338 g/mol. The second-order valence-corrected chi connectivity index (χ2v) is 7.34. The molecule has 2 atom stereocenters. The standard InChI is InChI=1S/C21H25N5O/c1-25(2)13-19-14-26(12-16-6-8-23-9-7-16)15-20(19)24-21(27)18-5-3-4-17(10-18)11-22/h3-10,19-20H,12-15H2,1-2H3,(H,24,27)/t19-,20-/m1/s1. The number of nitriles is 1. The fraction of sp³-hybridized carbons (Fsp3) is 0.381. The summed E-state index contributed by atoms with van der Waals surface area (Å²) < 4.78 is 0. The van der Waals surface area contributed by atoms with Crippen LogP contribution in [0, 0.1) is 17.2 Å². The van der Waals surface area contributed by atoms with Crippen molar-refractivity contribution >= 4 is 5.91 Å². The highest BCUT2D eigenvalue weighted by molar-refractivity contribution is 5.94. The van der Waals surface area contributed by atoms with Crippen LogP contribution < -0.4 is 5.32 Å². The normalized spacial score (nSPS) is 19.8. The molecule has 0 radical (unpaired) electrons. The summed E-state index contributed by atoms with van der Waals surface area (Å²) in [7, 11) is 4.11. The lowest BCUT2D eigenvalue weighted by Gasteiger charge is -2.23. The summed E-state index contributed by atoms with van der Waals surface area (Å²) in [5.41, 5.74) is 2.26. The maximum absolute atomic E-state index is 12.7. The maximum atomic E-state index is 12.7. The van der Waals surface area contributed by atoms with E-state index in [0.29, 0.717) is 17.0 Å². The minimum absolute atomic E-state index is 0.0764. The Bertz CT molecular complexity index is 815. The molecule has 1 aliphatic heterocycles. The average molecular weight is 363 g/mol. The maximum Gasteiger partial charge on any atom is 0.251 e. The average Bonchev–Trinajstić information content (AvgIpc) is 3.02. The lowest BCUT2D eigenvalue weighted by Crippen LogP contribution is -2.43. The molecule has 1 aromatic carbocycles. The van der Waals surface area contributed by atoms with Crippen LogP contribution in [0.2, 0.25) is 0 Å². The number of benzene rings is 1. The van der Waals surface area contributed by atoms with E-state index in [4.69, 9.17) is 5.26 Å². The van der Waals surface area contributed by atoms with Gasteiger partial charge >= 0.3 is 0 Å². The minimum Gasteiger partial charge on any atom is -0.348 e. The molecule has 1 saturated heterocycles. The van der Waals surface area contributed by atoms with Crippen molar-refractivity contribution in [2.45, 2.75) is 12.6 Å². The van der Waals surface area contributed by atoms with E-state index in [0.717, 1.165) is 26.2 Å². The number of aromatic nitrogens is 1. The zero-order valence-electron chi connectivity index (χ0n) is 15.8. The fourth-order valence-electron chi connectivity index (χ4n) is 3.64. The molecule has 0 unspecified atom stereocenters. The second-order valence-electron chi connectivity index (χ2n) is 7.34. The van der Waals surface area contributed by atoms with Crippen molar-refractivity contribution < 1.29 is 4.79 Å². The van der Waals surface area contributed by atoms with Crippen LogP contribution >= 0.6 is 0 Å². The molecule has 0 spiro atoms. The molecule has 6 heteroatoms. The summed E-state index contributed by atoms with van der Waals surface area (Å²) in [6.07, 6.45) is 3.62. The lowest BCUT2D eigenvalue weighted by molar-refractivity contribution is 0.0926. The smallest absolute Gasteiger partial charge is 0.251 e. The fourth-order valence-corrected chi connectivity index (χ4v) is 3.64. The van der Waals surface area contributed by atoms with E-state index in [9.17, 15) is 4.79 Å². The number of carbonyl (C=O) groups excluding carboxylic acids is 1. The van der Waals surface area contributed by atoms with E-state index in [1.807, 2.05) is 24.5 Å². The van der Waals surface area contributed by atoms with Crippen LogP contribution in [0.1, 0.15) is 21.5 Å². The van der Waals surface area contributed by atoms with Crippen LogP contribution in [0.15, 0.2) is 48.8 Å². The largest absolute Gasteiger partial charge is 0.348 e. The van der Waals surface area contributed by atoms with Gasteiger partial charge in [-0.3, -0.25) is 14.7 Å². The Morgan fingerprint density at radius 1 is 1.30 bits per heavy atom. The summed E-state index contributed by atoms with van der Waals surface area (Å²) in [5, 5.41) is 12.2. The SMILES string of the molecule is CN(C)C[C@@H]1CN(Cc2ccncc2)C[C@H]1NC(=O)c1cccc(C#N)c1. The zero-order valence-corrected chi connectivity index (χ0v) is 15.8. The third-order valence-electron chi connectivity index (χ3n) is 4.84. The van der Waals surface area contributed by atoms with Gasteiger partial charge in [0.1, 0.15) is 0 Å². The van der Waals surface area contributed by atoms with E-state index < -0.39 is 0 Å². The number of rotatable bonds is 6. The van der Waals surface area contributed by atoms with Crippen molar-refractivity contribution in [3.63, 3.8) is 0 Å². The molecular formula is C21H25N5O. The Labute approximate surface area is 160 Å². The Hall–Kier alpha value is -2.75. The van der Waals surface area contributed by atoms with Crippen molar-refractivity contribution in [3.05, 3.63) is 65.5 Å². The predicted molar refractivity (Wildman–Crippen MR) is 104 cm³/mol. The molecule has 6 nitrogen and oxygen atoms in total. The number of carbonyl (C=O) groups is 1. The third kappa shape index (κ3) is 5.13. The molecule has 1 aliphatic rings. The highest BCUT2D eigenvalue weighted by Crippen LogP contribution is 2.21. The van der Waals surface area contributed by atoms with E-state index in [1.54, 1.807) is 24.3 Å². The zero-order chi connectivity index (χ0) is 19.2. The van der Waals surface area contributed by atoms with E-state index in [1.165, 1.54) is 5.56 Å². The van der Waals surface area contributed by atoms with Crippen molar-refractivity contribution in [1.82, 2.24) is 20.1 Å². The van der Waals surface area contributed by atoms with Crippen LogP contribution in [0.25, 0.3) is 0 Å².